The van der Waals surface area contributed by atoms with Gasteiger partial charge in [-0.15, -0.1) is 0 Å². The zero-order chi connectivity index (χ0) is 18.0. The minimum atomic E-state index is -2.79. The number of pyridine rings is 1. The second kappa shape index (κ2) is 6.68. The predicted octanol–water partition coefficient (Wildman–Crippen LogP) is 4.00. The lowest BCUT2D eigenvalue weighted by Crippen LogP contribution is -2.00. The number of ether oxygens (including phenoxy) is 2. The normalized spacial score (nSPS) is 13.4. The number of methoxy groups -OCH3 is 1. The summed E-state index contributed by atoms with van der Waals surface area (Å²) < 4.78 is 44.3. The number of hydrogen-bond acceptors (Lipinski definition) is 5. The average Bonchev–Trinajstić information content (AvgIpc) is 2.59. The van der Waals surface area contributed by atoms with Crippen molar-refractivity contribution >= 4 is 20.6 Å². The third kappa shape index (κ3) is 3.71. The van der Waals surface area contributed by atoms with E-state index in [-0.39, 0.29) is 12.4 Å². The molecule has 1 N–H and O–H groups in total. The van der Waals surface area contributed by atoms with Gasteiger partial charge in [0.2, 0.25) is 0 Å². The average molecular weight is 360 g/mol. The van der Waals surface area contributed by atoms with Crippen LogP contribution in [0.3, 0.4) is 0 Å². The first kappa shape index (κ1) is 17.2. The number of rotatable bonds is 5. The van der Waals surface area contributed by atoms with Crippen LogP contribution in [0.2, 0.25) is 0 Å². The van der Waals surface area contributed by atoms with Crippen LogP contribution >= 0.6 is 0 Å². The van der Waals surface area contributed by atoms with Gasteiger partial charge in [-0.25, -0.2) is 13.4 Å². The van der Waals surface area contributed by atoms with Crippen LogP contribution in [-0.2, 0) is 16.3 Å². The molecule has 0 unspecified atom stereocenters. The Morgan fingerprint density at radius 1 is 1.20 bits per heavy atom. The van der Waals surface area contributed by atoms with Gasteiger partial charge in [0.15, 0.2) is 11.6 Å². The van der Waals surface area contributed by atoms with Gasteiger partial charge in [-0.1, -0.05) is 12.1 Å². The highest BCUT2D eigenvalue weighted by Gasteiger charge is 2.10. The maximum atomic E-state index is 14.0. The number of fused-ring (bicyclic) bond motifs is 1. The molecular weight excluding hydrogens is 343 g/mol. The number of benzene rings is 2. The fraction of sp³-hybridized carbons (Fsp3) is 0.167. The Bertz CT molecular complexity index is 1040. The molecule has 3 rings (SSSR count). The summed E-state index contributed by atoms with van der Waals surface area (Å²) in [6.45, 7) is 0.204. The standard InChI is InChI=1S/C18H17FN2O3S/c1-23-18-10-16-14(9-15(18)19)17(6-7-21-16)24-11-12-4-3-5-13(8-12)25(2,20)22/h3-10,20H,11H2,1-2H3/t25-/m1/s1. The van der Waals surface area contributed by atoms with Crippen molar-refractivity contribution in [3.8, 4) is 11.5 Å². The van der Waals surface area contributed by atoms with E-state index in [1.807, 2.05) is 6.07 Å². The van der Waals surface area contributed by atoms with E-state index in [1.54, 1.807) is 30.5 Å². The van der Waals surface area contributed by atoms with E-state index in [0.717, 1.165) is 5.56 Å². The van der Waals surface area contributed by atoms with Crippen molar-refractivity contribution in [1.29, 1.82) is 4.78 Å². The number of nitrogens with zero attached hydrogens (tertiary/aromatic N) is 1. The van der Waals surface area contributed by atoms with Crippen molar-refractivity contribution < 1.29 is 18.1 Å². The van der Waals surface area contributed by atoms with Crippen molar-refractivity contribution in [3.63, 3.8) is 0 Å². The van der Waals surface area contributed by atoms with Crippen LogP contribution in [0.1, 0.15) is 5.56 Å². The first-order valence-electron chi connectivity index (χ1n) is 7.46. The summed E-state index contributed by atoms with van der Waals surface area (Å²) >= 11 is 0. The Kier molecular flexibility index (Phi) is 4.59. The molecule has 7 heteroatoms. The van der Waals surface area contributed by atoms with E-state index in [0.29, 0.717) is 21.5 Å². The lowest BCUT2D eigenvalue weighted by molar-refractivity contribution is 0.309. The number of aromatic nitrogens is 1. The molecule has 1 heterocycles. The Morgan fingerprint density at radius 2 is 2.00 bits per heavy atom. The molecule has 0 radical (unpaired) electrons. The minimum Gasteiger partial charge on any atom is -0.494 e. The zero-order valence-corrected chi connectivity index (χ0v) is 14.6. The Balaban J connectivity index is 1.90. The predicted molar refractivity (Wildman–Crippen MR) is 94.1 cm³/mol. The molecule has 3 aromatic rings. The summed E-state index contributed by atoms with van der Waals surface area (Å²) in [7, 11) is -1.39. The Hall–Kier alpha value is -2.67. The van der Waals surface area contributed by atoms with E-state index < -0.39 is 15.5 Å². The maximum absolute atomic E-state index is 14.0. The van der Waals surface area contributed by atoms with Crippen LogP contribution in [-0.4, -0.2) is 22.6 Å². The molecular formula is C18H17FN2O3S. The highest BCUT2D eigenvalue weighted by atomic mass is 32.2. The number of nitrogens with one attached hydrogen (secondary N) is 1. The quantitative estimate of drug-likeness (QED) is 0.746. The van der Waals surface area contributed by atoms with Gasteiger partial charge < -0.3 is 9.47 Å². The van der Waals surface area contributed by atoms with Gasteiger partial charge >= 0.3 is 0 Å². The van der Waals surface area contributed by atoms with Crippen molar-refractivity contribution in [1.82, 2.24) is 4.98 Å². The summed E-state index contributed by atoms with van der Waals surface area (Å²) in [4.78, 5) is 4.65. The lowest BCUT2D eigenvalue weighted by Gasteiger charge is -2.11. The molecule has 0 aliphatic rings. The SMILES string of the molecule is COc1cc2nccc(OCc3cccc([S@](C)(=N)=O)c3)c2cc1F. The first-order valence-corrected chi connectivity index (χ1v) is 9.43. The molecule has 130 valence electrons. The summed E-state index contributed by atoms with van der Waals surface area (Å²) in [6.07, 6.45) is 2.95. The molecule has 0 spiro atoms. The molecule has 0 aliphatic heterocycles. The lowest BCUT2D eigenvalue weighted by atomic mass is 10.2. The highest BCUT2D eigenvalue weighted by molar-refractivity contribution is 7.91. The van der Waals surface area contributed by atoms with Gasteiger partial charge in [-0.05, 0) is 29.8 Å². The van der Waals surface area contributed by atoms with Crippen LogP contribution in [0.5, 0.6) is 11.5 Å². The van der Waals surface area contributed by atoms with Gasteiger partial charge in [0.05, 0.1) is 22.4 Å². The van der Waals surface area contributed by atoms with Crippen LogP contribution < -0.4 is 9.47 Å². The summed E-state index contributed by atoms with van der Waals surface area (Å²) in [5, 5.41) is 0.539. The molecule has 0 amide bonds. The van der Waals surface area contributed by atoms with Gasteiger partial charge in [0.25, 0.3) is 0 Å². The minimum absolute atomic E-state index is 0.123. The Morgan fingerprint density at radius 3 is 2.72 bits per heavy atom. The van der Waals surface area contributed by atoms with Crippen LogP contribution in [0.15, 0.2) is 53.6 Å². The molecule has 0 bridgehead atoms. The summed E-state index contributed by atoms with van der Waals surface area (Å²) in [6, 6.07) is 11.4. The molecule has 0 aliphatic carbocycles. The van der Waals surface area contributed by atoms with Gasteiger partial charge in [0.1, 0.15) is 12.4 Å². The van der Waals surface area contributed by atoms with E-state index in [1.165, 1.54) is 25.5 Å². The van der Waals surface area contributed by atoms with Crippen molar-refractivity contribution in [3.05, 3.63) is 60.0 Å². The molecule has 2 aromatic carbocycles. The number of halogens is 1. The summed E-state index contributed by atoms with van der Waals surface area (Å²) in [5.74, 6) is 0.118. The van der Waals surface area contributed by atoms with Gasteiger partial charge in [-0.3, -0.25) is 4.98 Å². The third-order valence-corrected chi connectivity index (χ3v) is 4.87. The van der Waals surface area contributed by atoms with Gasteiger partial charge in [0, 0.05) is 28.8 Å². The van der Waals surface area contributed by atoms with Crippen LogP contribution in [0, 0.1) is 10.6 Å². The molecule has 0 saturated carbocycles. The molecule has 0 fully saturated rings. The van der Waals surface area contributed by atoms with Crippen LogP contribution in [0.4, 0.5) is 4.39 Å². The molecule has 0 saturated heterocycles. The first-order chi connectivity index (χ1) is 11.9. The fourth-order valence-corrected chi connectivity index (χ4v) is 3.16. The Labute approximate surface area is 145 Å². The van der Waals surface area contributed by atoms with E-state index in [9.17, 15) is 8.60 Å². The fourth-order valence-electron chi connectivity index (χ4n) is 2.44. The largest absolute Gasteiger partial charge is 0.494 e. The topological polar surface area (TPSA) is 72.3 Å². The van der Waals surface area contributed by atoms with Crippen molar-refractivity contribution in [2.75, 3.05) is 13.4 Å². The summed E-state index contributed by atoms with van der Waals surface area (Å²) in [5.41, 5.74) is 1.34. The van der Waals surface area contributed by atoms with E-state index in [2.05, 4.69) is 4.98 Å². The second-order valence-corrected chi connectivity index (χ2v) is 7.75. The molecule has 5 nitrogen and oxygen atoms in total. The van der Waals surface area contributed by atoms with Crippen LogP contribution in [0.25, 0.3) is 10.9 Å². The molecule has 1 atom stereocenters. The maximum Gasteiger partial charge on any atom is 0.165 e. The monoisotopic (exact) mass is 360 g/mol. The van der Waals surface area contributed by atoms with E-state index >= 15 is 0 Å². The second-order valence-electron chi connectivity index (χ2n) is 5.59. The van der Waals surface area contributed by atoms with E-state index in [4.69, 9.17) is 14.3 Å². The number of hydrogen-bond donors (Lipinski definition) is 1. The zero-order valence-electron chi connectivity index (χ0n) is 13.8. The van der Waals surface area contributed by atoms with Crippen molar-refractivity contribution in [2.24, 2.45) is 0 Å². The smallest absolute Gasteiger partial charge is 0.165 e. The van der Waals surface area contributed by atoms with Crippen molar-refractivity contribution in [2.45, 2.75) is 11.5 Å². The van der Waals surface area contributed by atoms with Gasteiger partial charge in [-0.2, -0.15) is 0 Å². The highest BCUT2D eigenvalue weighted by Crippen LogP contribution is 2.30. The third-order valence-electron chi connectivity index (χ3n) is 3.72. The molecule has 25 heavy (non-hydrogen) atoms. The molecule has 1 aromatic heterocycles.